The molecule has 1 rings (SSSR count). The van der Waals surface area contributed by atoms with Crippen LogP contribution >= 0.6 is 0 Å². The molecule has 0 saturated carbocycles. The molecule has 1 N–H and O–H groups in total. The van der Waals surface area contributed by atoms with Gasteiger partial charge in [0, 0.05) is 6.54 Å². The van der Waals surface area contributed by atoms with Crippen LogP contribution in [0.4, 0.5) is 4.39 Å². The van der Waals surface area contributed by atoms with Gasteiger partial charge >= 0.3 is 0 Å². The summed E-state index contributed by atoms with van der Waals surface area (Å²) in [5.74, 6) is 0.511. The molecule has 1 aromatic carbocycles. The second-order valence-electron chi connectivity index (χ2n) is 5.91. The summed E-state index contributed by atoms with van der Waals surface area (Å²) in [5, 5.41) is 0. The molecule has 1 aromatic rings. The number of hydrogen-bond donors (Lipinski definition) is 1. The molecule has 0 bridgehead atoms. The van der Waals surface area contributed by atoms with Crippen LogP contribution in [0.15, 0.2) is 23.1 Å². The summed E-state index contributed by atoms with van der Waals surface area (Å²) >= 11 is 0. The van der Waals surface area contributed by atoms with Crippen LogP contribution in [0.25, 0.3) is 0 Å². The third-order valence-corrected chi connectivity index (χ3v) is 5.10. The van der Waals surface area contributed by atoms with E-state index in [9.17, 15) is 12.8 Å². The molecule has 3 nitrogen and oxygen atoms in total. The Morgan fingerprint density at radius 2 is 1.70 bits per heavy atom. The van der Waals surface area contributed by atoms with Crippen molar-refractivity contribution < 1.29 is 12.8 Å². The van der Waals surface area contributed by atoms with Gasteiger partial charge in [0.25, 0.3) is 0 Å². The van der Waals surface area contributed by atoms with E-state index < -0.39 is 15.8 Å². The molecule has 0 aliphatic heterocycles. The van der Waals surface area contributed by atoms with Crippen LogP contribution in [0.5, 0.6) is 0 Å². The van der Waals surface area contributed by atoms with Crippen molar-refractivity contribution in [2.45, 2.75) is 39.5 Å². The number of nitrogens with one attached hydrogen (secondary N) is 1. The largest absolute Gasteiger partial charge is 0.240 e. The van der Waals surface area contributed by atoms with E-state index in [2.05, 4.69) is 32.4 Å². The van der Waals surface area contributed by atoms with Crippen molar-refractivity contribution in [3.05, 3.63) is 29.6 Å². The highest BCUT2D eigenvalue weighted by Crippen LogP contribution is 2.21. The van der Waals surface area contributed by atoms with E-state index in [0.717, 1.165) is 6.07 Å². The lowest BCUT2D eigenvalue weighted by Crippen LogP contribution is -2.34. The lowest BCUT2D eigenvalue weighted by atomic mass is 9.86. The van der Waals surface area contributed by atoms with Gasteiger partial charge in [-0.2, -0.15) is 0 Å². The van der Waals surface area contributed by atoms with E-state index in [-0.39, 0.29) is 10.8 Å². The molecule has 114 valence electrons. The van der Waals surface area contributed by atoms with Crippen molar-refractivity contribution in [2.24, 2.45) is 17.8 Å². The molecule has 5 heteroatoms. The van der Waals surface area contributed by atoms with Crippen LogP contribution < -0.4 is 4.72 Å². The zero-order valence-corrected chi connectivity index (χ0v) is 13.6. The minimum atomic E-state index is -3.65. The van der Waals surface area contributed by atoms with E-state index in [1.54, 1.807) is 6.92 Å². The fourth-order valence-corrected chi connectivity index (χ4v) is 3.36. The second kappa shape index (κ2) is 6.68. The van der Waals surface area contributed by atoms with Crippen LogP contribution in [0, 0.1) is 30.5 Å². The molecule has 0 saturated heterocycles. The number of benzene rings is 1. The number of rotatable bonds is 6. The van der Waals surface area contributed by atoms with Crippen LogP contribution in [-0.2, 0) is 10.0 Å². The number of hydrogen-bond acceptors (Lipinski definition) is 2. The Labute approximate surface area is 121 Å². The molecule has 0 heterocycles. The Morgan fingerprint density at radius 3 is 2.15 bits per heavy atom. The van der Waals surface area contributed by atoms with Crippen molar-refractivity contribution in [3.63, 3.8) is 0 Å². The van der Waals surface area contributed by atoms with Crippen molar-refractivity contribution in [2.75, 3.05) is 6.54 Å². The molecule has 0 atom stereocenters. The van der Waals surface area contributed by atoms with Crippen LogP contribution in [0.2, 0.25) is 0 Å². The molecule has 0 spiro atoms. The lowest BCUT2D eigenvalue weighted by molar-refractivity contribution is 0.289. The van der Waals surface area contributed by atoms with E-state index in [4.69, 9.17) is 0 Å². The molecule has 0 unspecified atom stereocenters. The monoisotopic (exact) mass is 301 g/mol. The molecule has 20 heavy (non-hydrogen) atoms. The zero-order valence-electron chi connectivity index (χ0n) is 12.8. The molecule has 0 amide bonds. The molecule has 0 aliphatic carbocycles. The fourth-order valence-electron chi connectivity index (χ4n) is 2.27. The van der Waals surface area contributed by atoms with Gasteiger partial charge < -0.3 is 0 Å². The van der Waals surface area contributed by atoms with Crippen molar-refractivity contribution in [1.29, 1.82) is 0 Å². The highest BCUT2D eigenvalue weighted by Gasteiger charge is 2.22. The van der Waals surface area contributed by atoms with E-state index in [1.807, 2.05) is 0 Å². The van der Waals surface area contributed by atoms with Crippen molar-refractivity contribution in [1.82, 2.24) is 4.72 Å². The first kappa shape index (κ1) is 17.1. The van der Waals surface area contributed by atoms with Gasteiger partial charge in [0.05, 0.1) is 4.90 Å². The first-order valence-electron chi connectivity index (χ1n) is 6.91. The van der Waals surface area contributed by atoms with E-state index in [0.29, 0.717) is 23.9 Å². The summed E-state index contributed by atoms with van der Waals surface area (Å²) in [4.78, 5) is -0.0214. The summed E-state index contributed by atoms with van der Waals surface area (Å²) in [5.41, 5.74) is 0.436. The average molecular weight is 301 g/mol. The normalized spacial score (nSPS) is 12.7. The van der Waals surface area contributed by atoms with Gasteiger partial charge in [0.15, 0.2) is 0 Å². The fraction of sp³-hybridized carbons (Fsp3) is 0.600. The summed E-state index contributed by atoms with van der Waals surface area (Å²) in [6.07, 6.45) is 0. The first-order chi connectivity index (χ1) is 9.15. The second-order valence-corrected chi connectivity index (χ2v) is 7.68. The van der Waals surface area contributed by atoms with Crippen LogP contribution in [0.1, 0.15) is 33.3 Å². The predicted molar refractivity (Wildman–Crippen MR) is 79.5 cm³/mol. The van der Waals surface area contributed by atoms with E-state index in [1.165, 1.54) is 12.1 Å². The van der Waals surface area contributed by atoms with Gasteiger partial charge in [-0.25, -0.2) is 17.5 Å². The van der Waals surface area contributed by atoms with Gasteiger partial charge in [-0.15, -0.1) is 0 Å². The minimum absolute atomic E-state index is 0.0214. The maximum absolute atomic E-state index is 13.5. The number of sulfonamides is 1. The molecule has 0 fully saturated rings. The predicted octanol–water partition coefficient (Wildman–Crippen LogP) is 3.34. The van der Waals surface area contributed by atoms with Crippen molar-refractivity contribution >= 4 is 10.0 Å². The molecular weight excluding hydrogens is 277 g/mol. The lowest BCUT2D eigenvalue weighted by Gasteiger charge is -2.25. The van der Waals surface area contributed by atoms with Gasteiger partial charge in [-0.05, 0) is 42.4 Å². The maximum Gasteiger partial charge on any atom is 0.240 e. The standard InChI is InChI=1S/C15H24FNO2S/c1-10(2)14(11(3)4)9-17-20(18,19)13-7-6-12(5)15(16)8-13/h6-8,10-11,14,17H,9H2,1-5H3. The zero-order chi connectivity index (χ0) is 15.5. The van der Waals surface area contributed by atoms with Crippen LogP contribution in [-0.4, -0.2) is 15.0 Å². The van der Waals surface area contributed by atoms with Crippen molar-refractivity contribution in [3.8, 4) is 0 Å². The third-order valence-electron chi connectivity index (χ3n) is 3.68. The smallest absolute Gasteiger partial charge is 0.211 e. The molecule has 0 aromatic heterocycles. The Hall–Kier alpha value is -0.940. The minimum Gasteiger partial charge on any atom is -0.211 e. The Balaban J connectivity index is 2.87. The highest BCUT2D eigenvalue weighted by atomic mass is 32.2. The molecule has 0 radical (unpaired) electrons. The highest BCUT2D eigenvalue weighted by molar-refractivity contribution is 7.89. The Morgan fingerprint density at radius 1 is 1.15 bits per heavy atom. The topological polar surface area (TPSA) is 46.2 Å². The third kappa shape index (κ3) is 4.28. The Bertz CT molecular complexity index is 545. The summed E-state index contributed by atoms with van der Waals surface area (Å²) in [7, 11) is -3.65. The quantitative estimate of drug-likeness (QED) is 0.876. The first-order valence-corrected chi connectivity index (χ1v) is 8.39. The van der Waals surface area contributed by atoms with Crippen LogP contribution in [0.3, 0.4) is 0 Å². The van der Waals surface area contributed by atoms with Gasteiger partial charge in [-0.1, -0.05) is 33.8 Å². The van der Waals surface area contributed by atoms with Gasteiger partial charge in [-0.3, -0.25) is 0 Å². The van der Waals surface area contributed by atoms with Gasteiger partial charge in [0.1, 0.15) is 5.82 Å². The number of halogens is 1. The van der Waals surface area contributed by atoms with Gasteiger partial charge in [0.2, 0.25) is 10.0 Å². The SMILES string of the molecule is Cc1ccc(S(=O)(=O)NCC(C(C)C)C(C)C)cc1F. The molecular formula is C15H24FNO2S. The average Bonchev–Trinajstić information content (AvgIpc) is 2.31. The maximum atomic E-state index is 13.5. The Kier molecular flexibility index (Phi) is 5.71. The van der Waals surface area contributed by atoms with E-state index >= 15 is 0 Å². The summed E-state index contributed by atoms with van der Waals surface area (Å²) in [6, 6.07) is 3.98. The summed E-state index contributed by atoms with van der Waals surface area (Å²) in [6.45, 7) is 10.3. The number of aryl methyl sites for hydroxylation is 1. The summed E-state index contributed by atoms with van der Waals surface area (Å²) < 4.78 is 40.4. The molecule has 0 aliphatic rings.